The third kappa shape index (κ3) is 4.75. The lowest BCUT2D eigenvalue weighted by Gasteiger charge is -2.29. The highest BCUT2D eigenvalue weighted by atomic mass is 35.5. The van der Waals surface area contributed by atoms with Gasteiger partial charge in [0.25, 0.3) is 11.5 Å². The Morgan fingerprint density at radius 3 is 2.53 bits per heavy atom. The summed E-state index contributed by atoms with van der Waals surface area (Å²) >= 11 is 11.9. The number of nitrogens with one attached hydrogen (secondary N) is 1. The van der Waals surface area contributed by atoms with Gasteiger partial charge in [0.15, 0.2) is 0 Å². The van der Waals surface area contributed by atoms with Crippen molar-refractivity contribution in [2.24, 2.45) is 5.16 Å². The molecule has 0 radical (unpaired) electrons. The van der Waals surface area contributed by atoms with E-state index in [-0.39, 0.29) is 33.3 Å². The third-order valence-electron chi connectivity index (χ3n) is 5.89. The van der Waals surface area contributed by atoms with Crippen LogP contribution in [0.5, 0.6) is 0 Å². The molecule has 2 aliphatic rings. The molecule has 11 heteroatoms. The summed E-state index contributed by atoms with van der Waals surface area (Å²) in [6.45, 7) is 5.35. The number of nitrogens with zero attached hydrogens (tertiary/aromatic N) is 2. The van der Waals surface area contributed by atoms with Gasteiger partial charge in [0.2, 0.25) is 0 Å². The summed E-state index contributed by atoms with van der Waals surface area (Å²) in [6, 6.07) is 8.30. The Bertz CT molecular complexity index is 1120. The Hall–Kier alpha value is -2.33. The number of hydroxylamine groups is 2. The molecule has 2 aromatic carbocycles. The van der Waals surface area contributed by atoms with Gasteiger partial charge in [-0.15, -0.1) is 0 Å². The molecule has 1 fully saturated rings. The molecule has 0 spiro atoms. The fourth-order valence-corrected chi connectivity index (χ4v) is 4.59. The summed E-state index contributed by atoms with van der Waals surface area (Å²) < 4.78 is 42.6. The number of rotatable bonds is 5. The minimum absolute atomic E-state index is 0.0594. The lowest BCUT2D eigenvalue weighted by molar-refractivity contribution is -0.275. The van der Waals surface area contributed by atoms with Crippen LogP contribution in [-0.4, -0.2) is 48.6 Å². The van der Waals surface area contributed by atoms with E-state index in [2.05, 4.69) is 10.5 Å². The van der Waals surface area contributed by atoms with Gasteiger partial charge in [-0.05, 0) is 48.4 Å². The van der Waals surface area contributed by atoms with E-state index >= 15 is 0 Å². The van der Waals surface area contributed by atoms with Crippen LogP contribution in [0.2, 0.25) is 10.0 Å². The number of amides is 1. The first-order chi connectivity index (χ1) is 16.0. The molecule has 2 heterocycles. The smallest absolute Gasteiger partial charge is 0.374 e. The Labute approximate surface area is 204 Å². The maximum Gasteiger partial charge on any atom is 0.435 e. The number of carbonyl (C=O) groups excluding carboxylic acids is 1. The van der Waals surface area contributed by atoms with Gasteiger partial charge in [-0.1, -0.05) is 41.3 Å². The van der Waals surface area contributed by atoms with Crippen molar-refractivity contribution in [2.75, 3.05) is 19.7 Å². The first-order valence-electron chi connectivity index (χ1n) is 10.6. The number of alkyl halides is 3. The highest BCUT2D eigenvalue weighted by Crippen LogP contribution is 2.49. The van der Waals surface area contributed by atoms with Gasteiger partial charge in [-0.2, -0.15) is 18.2 Å². The number of aryl methyl sites for hydroxylation is 1. The Morgan fingerprint density at radius 2 is 1.94 bits per heavy atom. The van der Waals surface area contributed by atoms with Gasteiger partial charge in [0.1, 0.15) is 0 Å². The largest absolute Gasteiger partial charge is 0.435 e. The minimum atomic E-state index is -4.78. The summed E-state index contributed by atoms with van der Waals surface area (Å²) in [5.74, 6) is -0.279. The normalized spacial score (nSPS) is 23.0. The number of hydrogen-bond acceptors (Lipinski definition) is 5. The predicted molar refractivity (Wildman–Crippen MR) is 122 cm³/mol. The lowest BCUT2D eigenvalue weighted by Crippen LogP contribution is -2.42. The summed E-state index contributed by atoms with van der Waals surface area (Å²) in [6.07, 6.45) is -5.35. The Kier molecular flexibility index (Phi) is 6.83. The van der Waals surface area contributed by atoms with Crippen LogP contribution in [0, 0.1) is 6.92 Å². The molecule has 0 bridgehead atoms. The van der Waals surface area contributed by atoms with Crippen LogP contribution in [0.3, 0.4) is 0 Å². The maximum atomic E-state index is 14.2. The highest BCUT2D eigenvalue weighted by molar-refractivity contribution is 6.34. The fraction of sp³-hybridized carbons (Fsp3) is 0.391. The molecule has 2 atom stereocenters. The molecule has 0 saturated carbocycles. The van der Waals surface area contributed by atoms with Gasteiger partial charge in [0.05, 0.1) is 18.4 Å². The Balaban J connectivity index is 1.55. The third-order valence-corrected chi connectivity index (χ3v) is 6.33. The van der Waals surface area contributed by atoms with Crippen molar-refractivity contribution in [1.82, 2.24) is 10.4 Å². The van der Waals surface area contributed by atoms with Crippen LogP contribution in [-0.2, 0) is 15.3 Å². The van der Waals surface area contributed by atoms with Gasteiger partial charge < -0.3 is 10.2 Å². The van der Waals surface area contributed by atoms with Crippen LogP contribution < -0.4 is 5.32 Å². The monoisotopic (exact) mass is 515 g/mol. The molecular weight excluding hydrogens is 494 g/mol. The maximum absolute atomic E-state index is 14.2. The molecule has 0 aliphatic carbocycles. The van der Waals surface area contributed by atoms with Crippen LogP contribution in [0.1, 0.15) is 40.4 Å². The van der Waals surface area contributed by atoms with Crippen molar-refractivity contribution < 1.29 is 27.6 Å². The average molecular weight is 516 g/mol. The molecular formula is C23H22Cl2F3N3O3. The predicted octanol–water partition coefficient (Wildman–Crippen LogP) is 5.25. The van der Waals surface area contributed by atoms with E-state index in [1.807, 2.05) is 6.92 Å². The van der Waals surface area contributed by atoms with E-state index in [9.17, 15) is 18.0 Å². The standard InChI is InChI=1S/C23H22Cl2F3N3O3/c1-3-31-11-18(12-33-31)29-21(32)19-5-4-14(6-13(19)2)20-10-22(34-30-20,23(26,27)28)15-7-16(24)9-17(25)8-15/h4-9,18H,3,10-12H2,1-2H3,(H,29,32). The van der Waals surface area contributed by atoms with Crippen molar-refractivity contribution in [3.8, 4) is 0 Å². The zero-order valence-corrected chi connectivity index (χ0v) is 19.9. The Morgan fingerprint density at radius 1 is 1.24 bits per heavy atom. The van der Waals surface area contributed by atoms with E-state index in [0.29, 0.717) is 36.4 Å². The second-order valence-electron chi connectivity index (χ2n) is 8.27. The molecule has 2 aliphatic heterocycles. The number of halogens is 5. The first-order valence-corrected chi connectivity index (χ1v) is 11.4. The molecule has 1 amide bonds. The van der Waals surface area contributed by atoms with E-state index in [1.165, 1.54) is 18.2 Å². The number of hydrogen-bond donors (Lipinski definition) is 1. The van der Waals surface area contributed by atoms with Crippen LogP contribution in [0.15, 0.2) is 41.6 Å². The molecule has 34 heavy (non-hydrogen) atoms. The SMILES string of the molecule is CCN1CC(NC(=O)c2ccc(C3=NOC(c4cc(Cl)cc(Cl)c4)(C(F)(F)F)C3)cc2C)CO1. The molecule has 1 N–H and O–H groups in total. The average Bonchev–Trinajstić information content (AvgIpc) is 3.40. The van der Waals surface area contributed by atoms with Crippen LogP contribution in [0.4, 0.5) is 13.2 Å². The highest BCUT2D eigenvalue weighted by Gasteiger charge is 2.62. The van der Waals surface area contributed by atoms with E-state index in [0.717, 1.165) is 0 Å². The van der Waals surface area contributed by atoms with Gasteiger partial charge in [0, 0.05) is 40.7 Å². The minimum Gasteiger partial charge on any atom is -0.374 e. The van der Waals surface area contributed by atoms with Crippen molar-refractivity contribution in [1.29, 1.82) is 0 Å². The molecule has 6 nitrogen and oxygen atoms in total. The summed E-state index contributed by atoms with van der Waals surface area (Å²) in [7, 11) is 0. The summed E-state index contributed by atoms with van der Waals surface area (Å²) in [4.78, 5) is 23.2. The molecule has 2 unspecified atom stereocenters. The number of carbonyl (C=O) groups is 1. The lowest BCUT2D eigenvalue weighted by atomic mass is 9.86. The fourth-order valence-electron chi connectivity index (χ4n) is 4.06. The van der Waals surface area contributed by atoms with Crippen molar-refractivity contribution in [3.05, 3.63) is 68.7 Å². The number of benzene rings is 2. The molecule has 182 valence electrons. The molecule has 4 rings (SSSR count). The van der Waals surface area contributed by atoms with E-state index in [4.69, 9.17) is 32.9 Å². The van der Waals surface area contributed by atoms with Crippen molar-refractivity contribution in [3.63, 3.8) is 0 Å². The van der Waals surface area contributed by atoms with Gasteiger partial charge >= 0.3 is 6.18 Å². The van der Waals surface area contributed by atoms with E-state index < -0.39 is 18.2 Å². The molecule has 2 aromatic rings. The molecule has 0 aromatic heterocycles. The zero-order valence-electron chi connectivity index (χ0n) is 18.4. The van der Waals surface area contributed by atoms with E-state index in [1.54, 1.807) is 30.2 Å². The van der Waals surface area contributed by atoms with Crippen molar-refractivity contribution in [2.45, 2.75) is 38.1 Å². The van der Waals surface area contributed by atoms with Crippen molar-refractivity contribution >= 4 is 34.8 Å². The van der Waals surface area contributed by atoms with Gasteiger partial charge in [-0.3, -0.25) is 9.63 Å². The summed E-state index contributed by atoms with van der Waals surface area (Å²) in [5.41, 5.74) is -1.40. The molecule has 1 saturated heterocycles. The quantitative estimate of drug-likeness (QED) is 0.590. The number of oxime groups is 1. The van der Waals surface area contributed by atoms with Crippen LogP contribution in [0.25, 0.3) is 0 Å². The first kappa shape index (κ1) is 24.8. The number of likely N-dealkylation sites (N-methyl/N-ethyl adjacent to an activating group) is 1. The van der Waals surface area contributed by atoms with Crippen LogP contribution >= 0.6 is 23.2 Å². The van der Waals surface area contributed by atoms with Gasteiger partial charge in [-0.25, -0.2) is 0 Å². The zero-order chi connectivity index (χ0) is 24.7. The second-order valence-corrected chi connectivity index (χ2v) is 9.14. The topological polar surface area (TPSA) is 63.2 Å². The second kappa shape index (κ2) is 9.37. The summed E-state index contributed by atoms with van der Waals surface area (Å²) in [5, 5.41) is 8.57.